The second kappa shape index (κ2) is 6.54. The van der Waals surface area contributed by atoms with Gasteiger partial charge in [0, 0.05) is 6.04 Å². The van der Waals surface area contributed by atoms with E-state index < -0.39 is 5.38 Å². The number of amides is 1. The Labute approximate surface area is 102 Å². The van der Waals surface area contributed by atoms with Gasteiger partial charge in [-0.1, -0.05) is 30.3 Å². The molecule has 0 aliphatic carbocycles. The number of hydrogen-bond acceptors (Lipinski definition) is 1. The first-order valence-electron chi connectivity index (χ1n) is 5.58. The van der Waals surface area contributed by atoms with E-state index in [1.54, 1.807) is 6.92 Å². The predicted octanol–water partition coefficient (Wildman–Crippen LogP) is 2.75. The van der Waals surface area contributed by atoms with Crippen LogP contribution < -0.4 is 5.32 Å². The lowest BCUT2D eigenvalue weighted by atomic mass is 10.1. The van der Waals surface area contributed by atoms with Crippen LogP contribution in [0.3, 0.4) is 0 Å². The summed E-state index contributed by atoms with van der Waals surface area (Å²) in [5, 5.41) is 2.42. The maximum absolute atomic E-state index is 11.3. The molecular formula is C13H18ClNO. The van der Waals surface area contributed by atoms with E-state index in [2.05, 4.69) is 17.4 Å². The first-order valence-corrected chi connectivity index (χ1v) is 6.01. The van der Waals surface area contributed by atoms with Crippen LogP contribution in [0.2, 0.25) is 0 Å². The largest absolute Gasteiger partial charge is 0.352 e. The molecule has 2 nitrogen and oxygen atoms in total. The van der Waals surface area contributed by atoms with Gasteiger partial charge in [0.1, 0.15) is 5.38 Å². The lowest BCUT2D eigenvalue weighted by Gasteiger charge is -2.14. The normalized spacial score (nSPS) is 14.2. The van der Waals surface area contributed by atoms with Crippen LogP contribution in [-0.2, 0) is 11.2 Å². The van der Waals surface area contributed by atoms with Gasteiger partial charge < -0.3 is 5.32 Å². The third-order valence-corrected chi connectivity index (χ3v) is 2.66. The van der Waals surface area contributed by atoms with Crippen molar-refractivity contribution in [2.45, 2.75) is 38.1 Å². The second-order valence-corrected chi connectivity index (χ2v) is 4.70. The molecule has 0 saturated carbocycles. The van der Waals surface area contributed by atoms with E-state index in [-0.39, 0.29) is 11.9 Å². The molecule has 1 aromatic rings. The Morgan fingerprint density at radius 1 is 1.31 bits per heavy atom. The fourth-order valence-corrected chi connectivity index (χ4v) is 1.52. The van der Waals surface area contributed by atoms with Crippen molar-refractivity contribution in [1.29, 1.82) is 0 Å². The van der Waals surface area contributed by atoms with E-state index in [4.69, 9.17) is 11.6 Å². The minimum Gasteiger partial charge on any atom is -0.352 e. The molecule has 0 aliphatic rings. The summed E-state index contributed by atoms with van der Waals surface area (Å²) in [6.45, 7) is 3.68. The van der Waals surface area contributed by atoms with E-state index in [0.717, 1.165) is 12.8 Å². The van der Waals surface area contributed by atoms with Gasteiger partial charge in [-0.05, 0) is 32.3 Å². The Morgan fingerprint density at radius 3 is 2.50 bits per heavy atom. The third kappa shape index (κ3) is 4.67. The van der Waals surface area contributed by atoms with Crippen molar-refractivity contribution in [1.82, 2.24) is 5.32 Å². The molecule has 16 heavy (non-hydrogen) atoms. The van der Waals surface area contributed by atoms with Gasteiger partial charge in [0.15, 0.2) is 0 Å². The SMILES string of the molecule is C[C@@H](CCc1ccccc1)NC(=O)[C@@H](C)Cl. The zero-order valence-electron chi connectivity index (χ0n) is 9.74. The summed E-state index contributed by atoms with van der Waals surface area (Å²) in [6.07, 6.45) is 1.90. The summed E-state index contributed by atoms with van der Waals surface area (Å²) in [6, 6.07) is 10.4. The molecule has 0 spiro atoms. The van der Waals surface area contributed by atoms with E-state index >= 15 is 0 Å². The topological polar surface area (TPSA) is 29.1 Å². The summed E-state index contributed by atoms with van der Waals surface area (Å²) in [5.74, 6) is -0.0952. The Bertz CT molecular complexity index is 324. The van der Waals surface area contributed by atoms with Crippen molar-refractivity contribution in [3.8, 4) is 0 Å². The first-order chi connectivity index (χ1) is 7.59. The van der Waals surface area contributed by atoms with Crippen LogP contribution in [0.4, 0.5) is 0 Å². The van der Waals surface area contributed by atoms with Gasteiger partial charge >= 0.3 is 0 Å². The molecule has 0 radical (unpaired) electrons. The first kappa shape index (κ1) is 13.0. The highest BCUT2D eigenvalue weighted by atomic mass is 35.5. The van der Waals surface area contributed by atoms with Gasteiger partial charge in [-0.3, -0.25) is 4.79 Å². The number of rotatable bonds is 5. The highest BCUT2D eigenvalue weighted by Crippen LogP contribution is 2.05. The van der Waals surface area contributed by atoms with Crippen LogP contribution in [0.25, 0.3) is 0 Å². The summed E-state index contributed by atoms with van der Waals surface area (Å²) >= 11 is 5.68. The highest BCUT2D eigenvalue weighted by Gasteiger charge is 2.11. The predicted molar refractivity (Wildman–Crippen MR) is 67.7 cm³/mol. The number of hydrogen-bond donors (Lipinski definition) is 1. The molecule has 1 N–H and O–H groups in total. The molecular weight excluding hydrogens is 222 g/mol. The zero-order valence-corrected chi connectivity index (χ0v) is 10.5. The number of benzene rings is 1. The Morgan fingerprint density at radius 2 is 1.94 bits per heavy atom. The Kier molecular flexibility index (Phi) is 5.33. The van der Waals surface area contributed by atoms with E-state index in [9.17, 15) is 4.79 Å². The molecule has 1 amide bonds. The van der Waals surface area contributed by atoms with E-state index in [1.807, 2.05) is 25.1 Å². The Balaban J connectivity index is 2.30. The van der Waals surface area contributed by atoms with Gasteiger partial charge in [0.25, 0.3) is 0 Å². The van der Waals surface area contributed by atoms with Crippen molar-refractivity contribution in [2.24, 2.45) is 0 Å². The van der Waals surface area contributed by atoms with Gasteiger partial charge in [0.2, 0.25) is 5.91 Å². The van der Waals surface area contributed by atoms with Crippen LogP contribution in [0, 0.1) is 0 Å². The number of nitrogens with one attached hydrogen (secondary N) is 1. The Hall–Kier alpha value is -1.02. The maximum Gasteiger partial charge on any atom is 0.237 e. The lowest BCUT2D eigenvalue weighted by Crippen LogP contribution is -2.37. The van der Waals surface area contributed by atoms with Crippen molar-refractivity contribution in [3.63, 3.8) is 0 Å². The van der Waals surface area contributed by atoms with E-state index in [0.29, 0.717) is 0 Å². The number of aryl methyl sites for hydroxylation is 1. The minimum atomic E-state index is -0.459. The average Bonchev–Trinajstić information content (AvgIpc) is 2.27. The van der Waals surface area contributed by atoms with Crippen LogP contribution in [-0.4, -0.2) is 17.3 Å². The van der Waals surface area contributed by atoms with Crippen LogP contribution in [0.1, 0.15) is 25.8 Å². The maximum atomic E-state index is 11.3. The minimum absolute atomic E-state index is 0.0952. The molecule has 0 aromatic heterocycles. The fraction of sp³-hybridized carbons (Fsp3) is 0.462. The number of halogens is 1. The van der Waals surface area contributed by atoms with Crippen LogP contribution >= 0.6 is 11.6 Å². The summed E-state index contributed by atoms with van der Waals surface area (Å²) in [5.41, 5.74) is 1.29. The van der Waals surface area contributed by atoms with E-state index in [1.165, 1.54) is 5.56 Å². The molecule has 0 bridgehead atoms. The molecule has 0 heterocycles. The van der Waals surface area contributed by atoms with Crippen molar-refractivity contribution >= 4 is 17.5 Å². The van der Waals surface area contributed by atoms with Crippen LogP contribution in [0.5, 0.6) is 0 Å². The summed E-state index contributed by atoms with van der Waals surface area (Å²) in [4.78, 5) is 11.3. The van der Waals surface area contributed by atoms with Crippen molar-refractivity contribution in [3.05, 3.63) is 35.9 Å². The number of carbonyl (C=O) groups is 1. The highest BCUT2D eigenvalue weighted by molar-refractivity contribution is 6.30. The molecule has 2 atom stereocenters. The van der Waals surface area contributed by atoms with Crippen LogP contribution in [0.15, 0.2) is 30.3 Å². The van der Waals surface area contributed by atoms with Crippen molar-refractivity contribution in [2.75, 3.05) is 0 Å². The molecule has 0 unspecified atom stereocenters. The summed E-state index contributed by atoms with van der Waals surface area (Å²) in [7, 11) is 0. The lowest BCUT2D eigenvalue weighted by molar-refractivity contribution is -0.121. The number of alkyl halides is 1. The van der Waals surface area contributed by atoms with Gasteiger partial charge in [-0.2, -0.15) is 0 Å². The van der Waals surface area contributed by atoms with Gasteiger partial charge in [0.05, 0.1) is 0 Å². The summed E-state index contributed by atoms with van der Waals surface area (Å²) < 4.78 is 0. The fourth-order valence-electron chi connectivity index (χ4n) is 1.46. The molecule has 0 aliphatic heterocycles. The number of carbonyl (C=O) groups excluding carboxylic acids is 1. The smallest absolute Gasteiger partial charge is 0.237 e. The molecule has 3 heteroatoms. The second-order valence-electron chi connectivity index (χ2n) is 4.05. The van der Waals surface area contributed by atoms with Gasteiger partial charge in [-0.25, -0.2) is 0 Å². The molecule has 1 aromatic carbocycles. The molecule has 0 saturated heterocycles. The monoisotopic (exact) mass is 239 g/mol. The molecule has 0 fully saturated rings. The molecule has 88 valence electrons. The third-order valence-electron chi connectivity index (χ3n) is 2.46. The quantitative estimate of drug-likeness (QED) is 0.787. The zero-order chi connectivity index (χ0) is 12.0. The average molecular weight is 240 g/mol. The van der Waals surface area contributed by atoms with Gasteiger partial charge in [-0.15, -0.1) is 11.6 Å². The standard InChI is InChI=1S/C13H18ClNO/c1-10(15-13(16)11(2)14)8-9-12-6-4-3-5-7-12/h3-7,10-11H,8-9H2,1-2H3,(H,15,16)/t10-,11+/m0/s1. The van der Waals surface area contributed by atoms with Crippen molar-refractivity contribution < 1.29 is 4.79 Å². The molecule has 1 rings (SSSR count).